The van der Waals surface area contributed by atoms with Gasteiger partial charge in [0.05, 0.1) is 12.7 Å². The molecule has 3 N–H and O–H groups in total. The summed E-state index contributed by atoms with van der Waals surface area (Å²) in [5.74, 6) is -0.343. The number of H-pyrrole nitrogens is 1. The Bertz CT molecular complexity index is 392. The molecule has 1 aromatic carbocycles. The number of rotatable bonds is 1. The van der Waals surface area contributed by atoms with Crippen LogP contribution in [-0.2, 0) is 4.74 Å². The van der Waals surface area contributed by atoms with Gasteiger partial charge in [0.25, 0.3) is 0 Å². The largest absolute Gasteiger partial charge is 0.465 e. The van der Waals surface area contributed by atoms with Crippen LogP contribution in [0, 0.1) is 0 Å². The molecular formula is C11H13N3O2. The highest BCUT2D eigenvalue weighted by Gasteiger charge is 2.02. The smallest absolute Gasteiger partial charge is 0.337 e. The van der Waals surface area contributed by atoms with Gasteiger partial charge in [-0.05, 0) is 30.3 Å². The van der Waals surface area contributed by atoms with Crippen LogP contribution in [0.1, 0.15) is 10.4 Å². The Kier molecular flexibility index (Phi) is 4.59. The highest BCUT2D eigenvalue weighted by molar-refractivity contribution is 5.89. The molecule has 2 aromatic rings. The van der Waals surface area contributed by atoms with E-state index in [4.69, 9.17) is 5.73 Å². The van der Waals surface area contributed by atoms with Gasteiger partial charge in [-0.1, -0.05) is 0 Å². The molecule has 0 bridgehead atoms. The van der Waals surface area contributed by atoms with E-state index in [1.165, 1.54) is 7.11 Å². The Hall–Kier alpha value is -2.30. The summed E-state index contributed by atoms with van der Waals surface area (Å²) in [5.41, 5.74) is 6.57. The van der Waals surface area contributed by atoms with Crippen molar-refractivity contribution in [1.29, 1.82) is 0 Å². The minimum absolute atomic E-state index is 0.343. The average Bonchev–Trinajstić information content (AvgIpc) is 2.88. The molecule has 16 heavy (non-hydrogen) atoms. The zero-order chi connectivity index (χ0) is 11.8. The van der Waals surface area contributed by atoms with Gasteiger partial charge in [0.2, 0.25) is 0 Å². The van der Waals surface area contributed by atoms with Crippen molar-refractivity contribution in [1.82, 2.24) is 10.2 Å². The van der Waals surface area contributed by atoms with E-state index in [9.17, 15) is 4.79 Å². The van der Waals surface area contributed by atoms with Crippen molar-refractivity contribution in [2.45, 2.75) is 0 Å². The minimum Gasteiger partial charge on any atom is -0.465 e. The number of nitrogens with zero attached hydrogens (tertiary/aromatic N) is 1. The number of esters is 1. The number of carbonyl (C=O) groups is 1. The van der Waals surface area contributed by atoms with Crippen molar-refractivity contribution in [2.24, 2.45) is 0 Å². The molecule has 0 aliphatic carbocycles. The summed E-state index contributed by atoms with van der Waals surface area (Å²) in [5, 5.41) is 6.21. The number of hydrogen-bond donors (Lipinski definition) is 2. The second-order valence-electron chi connectivity index (χ2n) is 2.88. The predicted molar refractivity (Wildman–Crippen MR) is 60.8 cm³/mol. The Morgan fingerprint density at radius 1 is 1.38 bits per heavy atom. The Morgan fingerprint density at radius 2 is 2.06 bits per heavy atom. The summed E-state index contributed by atoms with van der Waals surface area (Å²) in [6, 6.07) is 8.40. The first-order valence-electron chi connectivity index (χ1n) is 4.61. The number of aromatic nitrogens is 2. The van der Waals surface area contributed by atoms with Gasteiger partial charge in [-0.2, -0.15) is 5.10 Å². The molecule has 2 rings (SSSR count). The molecular weight excluding hydrogens is 206 g/mol. The van der Waals surface area contributed by atoms with E-state index in [0.29, 0.717) is 11.3 Å². The molecule has 0 unspecified atom stereocenters. The first-order chi connectivity index (χ1) is 7.74. The van der Waals surface area contributed by atoms with Gasteiger partial charge in [0.1, 0.15) is 0 Å². The lowest BCUT2D eigenvalue weighted by Crippen LogP contribution is -2.00. The predicted octanol–water partition coefficient (Wildman–Crippen LogP) is 1.47. The molecule has 0 amide bonds. The summed E-state index contributed by atoms with van der Waals surface area (Å²) in [6.45, 7) is 0. The van der Waals surface area contributed by atoms with E-state index in [-0.39, 0.29) is 5.97 Å². The molecule has 0 saturated carbocycles. The highest BCUT2D eigenvalue weighted by Crippen LogP contribution is 2.05. The van der Waals surface area contributed by atoms with Crippen molar-refractivity contribution < 1.29 is 9.53 Å². The van der Waals surface area contributed by atoms with Crippen LogP contribution in [0.3, 0.4) is 0 Å². The summed E-state index contributed by atoms with van der Waals surface area (Å²) >= 11 is 0. The number of nitrogens with one attached hydrogen (secondary N) is 1. The zero-order valence-electron chi connectivity index (χ0n) is 8.88. The number of nitrogens with two attached hydrogens (primary N) is 1. The van der Waals surface area contributed by atoms with Crippen LogP contribution in [0.15, 0.2) is 42.7 Å². The summed E-state index contributed by atoms with van der Waals surface area (Å²) < 4.78 is 4.50. The minimum atomic E-state index is -0.343. The number of ether oxygens (including phenoxy) is 1. The van der Waals surface area contributed by atoms with Gasteiger partial charge in [0.15, 0.2) is 0 Å². The Morgan fingerprint density at radius 3 is 2.44 bits per heavy atom. The number of aromatic amines is 1. The van der Waals surface area contributed by atoms with E-state index in [2.05, 4.69) is 14.9 Å². The number of nitrogen functional groups attached to an aromatic ring is 1. The molecule has 0 aliphatic heterocycles. The molecule has 0 spiro atoms. The van der Waals surface area contributed by atoms with Gasteiger partial charge in [-0.15, -0.1) is 0 Å². The van der Waals surface area contributed by atoms with Gasteiger partial charge in [0, 0.05) is 18.1 Å². The molecule has 5 nitrogen and oxygen atoms in total. The molecule has 1 heterocycles. The second-order valence-corrected chi connectivity index (χ2v) is 2.88. The molecule has 0 fully saturated rings. The molecule has 0 atom stereocenters. The lowest BCUT2D eigenvalue weighted by Gasteiger charge is -1.97. The molecule has 1 aromatic heterocycles. The van der Waals surface area contributed by atoms with Crippen LogP contribution in [0.4, 0.5) is 5.69 Å². The van der Waals surface area contributed by atoms with Gasteiger partial charge in [-0.3, -0.25) is 5.10 Å². The number of hydrogen-bond acceptors (Lipinski definition) is 4. The van der Waals surface area contributed by atoms with Crippen molar-refractivity contribution in [3.63, 3.8) is 0 Å². The SMILES string of the molecule is COC(=O)c1ccc(N)cc1.c1cn[nH]c1. The van der Waals surface area contributed by atoms with Crippen LogP contribution in [0.25, 0.3) is 0 Å². The fraction of sp³-hybridized carbons (Fsp3) is 0.0909. The lowest BCUT2D eigenvalue weighted by atomic mass is 10.2. The van der Waals surface area contributed by atoms with Gasteiger partial charge in [-0.25, -0.2) is 4.79 Å². The molecule has 0 aliphatic rings. The van der Waals surface area contributed by atoms with Crippen molar-refractivity contribution in [2.75, 3.05) is 12.8 Å². The second kappa shape index (κ2) is 6.23. The average molecular weight is 219 g/mol. The topological polar surface area (TPSA) is 81.0 Å². The lowest BCUT2D eigenvalue weighted by molar-refractivity contribution is 0.0601. The van der Waals surface area contributed by atoms with Crippen LogP contribution in [0.5, 0.6) is 0 Å². The summed E-state index contributed by atoms with van der Waals surface area (Å²) in [6.07, 6.45) is 3.46. The first kappa shape index (κ1) is 11.8. The first-order valence-corrected chi connectivity index (χ1v) is 4.61. The molecule has 5 heteroatoms. The normalized spacial score (nSPS) is 8.81. The van der Waals surface area contributed by atoms with E-state index in [1.54, 1.807) is 36.7 Å². The number of methoxy groups -OCH3 is 1. The highest BCUT2D eigenvalue weighted by atomic mass is 16.5. The monoisotopic (exact) mass is 219 g/mol. The van der Waals surface area contributed by atoms with Crippen molar-refractivity contribution in [3.8, 4) is 0 Å². The van der Waals surface area contributed by atoms with Crippen LogP contribution < -0.4 is 5.73 Å². The van der Waals surface area contributed by atoms with E-state index in [0.717, 1.165) is 0 Å². The van der Waals surface area contributed by atoms with E-state index >= 15 is 0 Å². The summed E-state index contributed by atoms with van der Waals surface area (Å²) in [7, 11) is 1.35. The maximum absolute atomic E-state index is 10.9. The maximum atomic E-state index is 10.9. The summed E-state index contributed by atoms with van der Waals surface area (Å²) in [4.78, 5) is 10.9. The van der Waals surface area contributed by atoms with E-state index < -0.39 is 0 Å². The standard InChI is InChI=1S/C8H9NO2.C3H4N2/c1-11-8(10)6-2-4-7(9)5-3-6;1-2-4-5-3-1/h2-5H,9H2,1H3;1-3H,(H,4,5). The molecule has 0 radical (unpaired) electrons. The molecule has 0 saturated heterocycles. The maximum Gasteiger partial charge on any atom is 0.337 e. The zero-order valence-corrected chi connectivity index (χ0v) is 8.88. The number of carbonyl (C=O) groups excluding carboxylic acids is 1. The van der Waals surface area contributed by atoms with Crippen LogP contribution in [0.2, 0.25) is 0 Å². The van der Waals surface area contributed by atoms with Gasteiger partial charge < -0.3 is 10.5 Å². The van der Waals surface area contributed by atoms with Crippen LogP contribution in [-0.4, -0.2) is 23.3 Å². The quantitative estimate of drug-likeness (QED) is 0.562. The van der Waals surface area contributed by atoms with E-state index in [1.807, 2.05) is 6.07 Å². The Labute approximate surface area is 93.2 Å². The Balaban J connectivity index is 0.000000212. The number of anilines is 1. The fourth-order valence-corrected chi connectivity index (χ4v) is 0.952. The van der Waals surface area contributed by atoms with Crippen molar-refractivity contribution >= 4 is 11.7 Å². The fourth-order valence-electron chi connectivity index (χ4n) is 0.952. The molecule has 84 valence electrons. The van der Waals surface area contributed by atoms with Crippen LogP contribution >= 0.6 is 0 Å². The number of benzene rings is 1. The third kappa shape index (κ3) is 3.83. The van der Waals surface area contributed by atoms with Gasteiger partial charge >= 0.3 is 5.97 Å². The third-order valence-electron chi connectivity index (χ3n) is 1.74. The third-order valence-corrected chi connectivity index (χ3v) is 1.74. The van der Waals surface area contributed by atoms with Crippen molar-refractivity contribution in [3.05, 3.63) is 48.3 Å².